The maximum absolute atomic E-state index is 13.8. The van der Waals surface area contributed by atoms with Crippen LogP contribution in [0.3, 0.4) is 0 Å². The van der Waals surface area contributed by atoms with Crippen molar-refractivity contribution in [1.29, 1.82) is 0 Å². The minimum atomic E-state index is -0.845. The van der Waals surface area contributed by atoms with Crippen LogP contribution >= 0.6 is 11.3 Å². The van der Waals surface area contributed by atoms with Crippen LogP contribution in [0.25, 0.3) is 0 Å². The molecule has 0 saturated carbocycles. The first-order valence-corrected chi connectivity index (χ1v) is 7.12. The van der Waals surface area contributed by atoms with Gasteiger partial charge in [0.25, 0.3) is 0 Å². The van der Waals surface area contributed by atoms with Gasteiger partial charge in [-0.3, -0.25) is 4.79 Å². The molecule has 1 aromatic carbocycles. The summed E-state index contributed by atoms with van der Waals surface area (Å²) in [6.45, 7) is 1.82. The fraction of sp³-hybridized carbons (Fsp3) is 0.286. The Bertz CT molecular complexity index is 684. The Morgan fingerprint density at radius 2 is 2.35 bits per heavy atom. The van der Waals surface area contributed by atoms with Gasteiger partial charge in [-0.05, 0) is 37.5 Å². The molecule has 0 radical (unpaired) electrons. The molecule has 1 aromatic heterocycles. The van der Waals surface area contributed by atoms with Gasteiger partial charge in [-0.1, -0.05) is 6.07 Å². The van der Waals surface area contributed by atoms with Crippen molar-refractivity contribution in [2.45, 2.75) is 25.7 Å². The summed E-state index contributed by atoms with van der Waals surface area (Å²) < 4.78 is 13.8. The molecule has 104 valence electrons. The van der Waals surface area contributed by atoms with Crippen molar-refractivity contribution in [3.8, 4) is 0 Å². The van der Waals surface area contributed by atoms with Crippen molar-refractivity contribution in [3.63, 3.8) is 0 Å². The molecule has 2 aromatic rings. The van der Waals surface area contributed by atoms with Gasteiger partial charge in [-0.2, -0.15) is 0 Å². The molecule has 1 atom stereocenters. The summed E-state index contributed by atoms with van der Waals surface area (Å²) in [5, 5.41) is 12.6. The largest absolute Gasteiger partial charge is 0.481 e. The van der Waals surface area contributed by atoms with Crippen molar-refractivity contribution < 1.29 is 14.3 Å². The number of nitrogens with one attached hydrogen (secondary N) is 1. The number of carboxylic acids is 1. The summed E-state index contributed by atoms with van der Waals surface area (Å²) in [4.78, 5) is 16.4. The zero-order chi connectivity index (χ0) is 14.3. The lowest BCUT2D eigenvalue weighted by molar-refractivity contribution is -0.138. The molecule has 1 aliphatic rings. The predicted octanol–water partition coefficient (Wildman–Crippen LogP) is 3.45. The molecule has 6 heteroatoms. The number of hydrogen-bond acceptors (Lipinski definition) is 4. The molecule has 0 fully saturated rings. The second-order valence-corrected chi connectivity index (χ2v) is 5.95. The number of aliphatic carboxylic acids is 1. The fourth-order valence-electron chi connectivity index (χ4n) is 2.36. The van der Waals surface area contributed by atoms with Gasteiger partial charge < -0.3 is 10.4 Å². The third kappa shape index (κ3) is 2.27. The van der Waals surface area contributed by atoms with E-state index in [-0.39, 0.29) is 5.82 Å². The highest BCUT2D eigenvalue weighted by atomic mass is 32.1. The zero-order valence-corrected chi connectivity index (χ0v) is 11.6. The number of fused-ring (bicyclic) bond motifs is 1. The second kappa shape index (κ2) is 4.86. The molecule has 4 nitrogen and oxygen atoms in total. The summed E-state index contributed by atoms with van der Waals surface area (Å²) >= 11 is 1.40. The number of carbonyl (C=O) groups is 1. The Labute approximate surface area is 119 Å². The molecular weight excluding hydrogens is 279 g/mol. The molecule has 20 heavy (non-hydrogen) atoms. The van der Waals surface area contributed by atoms with E-state index >= 15 is 0 Å². The van der Waals surface area contributed by atoms with Crippen LogP contribution in [0.2, 0.25) is 0 Å². The molecule has 3 rings (SSSR count). The molecule has 0 bridgehead atoms. The number of anilines is 2. The Morgan fingerprint density at radius 3 is 3.05 bits per heavy atom. The van der Waals surface area contributed by atoms with Crippen molar-refractivity contribution in [3.05, 3.63) is 40.2 Å². The first kappa shape index (κ1) is 13.1. The van der Waals surface area contributed by atoms with Crippen molar-refractivity contribution in [1.82, 2.24) is 4.98 Å². The number of carboxylic acid groups (broad SMARTS) is 1. The number of aryl methyl sites for hydroxylation is 2. The Kier molecular flexibility index (Phi) is 3.17. The van der Waals surface area contributed by atoms with Gasteiger partial charge in [-0.25, -0.2) is 9.37 Å². The van der Waals surface area contributed by atoms with Gasteiger partial charge in [0.1, 0.15) is 11.7 Å². The highest BCUT2D eigenvalue weighted by Crippen LogP contribution is 2.39. The highest BCUT2D eigenvalue weighted by molar-refractivity contribution is 7.15. The van der Waals surface area contributed by atoms with Crippen molar-refractivity contribution in [2.24, 2.45) is 0 Å². The summed E-state index contributed by atoms with van der Waals surface area (Å²) in [5.41, 5.74) is 1.83. The summed E-state index contributed by atoms with van der Waals surface area (Å²) in [6, 6.07) is 4.92. The van der Waals surface area contributed by atoms with Crippen LogP contribution in [0, 0.1) is 12.7 Å². The summed E-state index contributed by atoms with van der Waals surface area (Å²) in [7, 11) is 0. The monoisotopic (exact) mass is 292 g/mol. The van der Waals surface area contributed by atoms with Gasteiger partial charge in [0.15, 0.2) is 5.13 Å². The fourth-order valence-corrected chi connectivity index (χ4v) is 3.41. The van der Waals surface area contributed by atoms with E-state index in [0.29, 0.717) is 22.9 Å². The van der Waals surface area contributed by atoms with Gasteiger partial charge in [-0.15, -0.1) is 11.3 Å². The van der Waals surface area contributed by atoms with Gasteiger partial charge in [0, 0.05) is 4.88 Å². The maximum Gasteiger partial charge on any atom is 0.312 e. The molecule has 0 amide bonds. The SMILES string of the molecule is Cc1ccc(Nc2nc3c(s2)CCC3C(=O)O)c(F)c1. The minimum absolute atomic E-state index is 0.338. The van der Waals surface area contributed by atoms with Crippen molar-refractivity contribution >= 4 is 28.1 Å². The minimum Gasteiger partial charge on any atom is -0.481 e. The molecule has 2 N–H and O–H groups in total. The lowest BCUT2D eigenvalue weighted by Crippen LogP contribution is -2.08. The van der Waals surface area contributed by atoms with Crippen LogP contribution in [0.5, 0.6) is 0 Å². The lowest BCUT2D eigenvalue weighted by Gasteiger charge is -2.05. The number of rotatable bonds is 3. The van der Waals surface area contributed by atoms with E-state index in [1.54, 1.807) is 6.07 Å². The Hall–Kier alpha value is -1.95. The van der Waals surface area contributed by atoms with Crippen LogP contribution in [0.15, 0.2) is 18.2 Å². The lowest BCUT2D eigenvalue weighted by atomic mass is 10.1. The first-order valence-electron chi connectivity index (χ1n) is 6.30. The van der Waals surface area contributed by atoms with E-state index in [0.717, 1.165) is 16.9 Å². The van der Waals surface area contributed by atoms with E-state index < -0.39 is 11.9 Å². The smallest absolute Gasteiger partial charge is 0.312 e. The Balaban J connectivity index is 1.86. The summed E-state index contributed by atoms with van der Waals surface area (Å²) in [6.07, 6.45) is 1.32. The molecule has 1 heterocycles. The molecule has 0 aliphatic heterocycles. The standard InChI is InChI=1S/C14H13FN2O2S/c1-7-2-4-10(9(15)6-7)16-14-17-12-8(13(18)19)3-5-11(12)20-14/h2,4,6,8H,3,5H2,1H3,(H,16,17)(H,18,19). The average Bonchev–Trinajstić information content (AvgIpc) is 2.91. The molecule has 0 spiro atoms. The highest BCUT2D eigenvalue weighted by Gasteiger charge is 2.32. The molecule has 0 saturated heterocycles. The quantitative estimate of drug-likeness (QED) is 0.909. The van der Waals surface area contributed by atoms with Crippen molar-refractivity contribution in [2.75, 3.05) is 5.32 Å². The van der Waals surface area contributed by atoms with Crippen LogP contribution in [0.1, 0.15) is 28.5 Å². The van der Waals surface area contributed by atoms with Crippen LogP contribution in [0.4, 0.5) is 15.2 Å². The van der Waals surface area contributed by atoms with Crippen LogP contribution in [-0.2, 0) is 11.2 Å². The van der Waals surface area contributed by atoms with E-state index in [9.17, 15) is 9.18 Å². The summed E-state index contributed by atoms with van der Waals surface area (Å²) in [5.74, 6) is -1.71. The van der Waals surface area contributed by atoms with E-state index in [1.807, 2.05) is 13.0 Å². The third-order valence-corrected chi connectivity index (χ3v) is 4.43. The maximum atomic E-state index is 13.8. The number of halogens is 1. The zero-order valence-electron chi connectivity index (χ0n) is 10.8. The number of nitrogens with zero attached hydrogens (tertiary/aromatic N) is 1. The third-order valence-electron chi connectivity index (χ3n) is 3.38. The number of benzene rings is 1. The van der Waals surface area contributed by atoms with E-state index in [2.05, 4.69) is 10.3 Å². The number of thiazole rings is 1. The van der Waals surface area contributed by atoms with Gasteiger partial charge >= 0.3 is 5.97 Å². The Morgan fingerprint density at radius 1 is 1.55 bits per heavy atom. The van der Waals surface area contributed by atoms with Crippen LogP contribution in [-0.4, -0.2) is 16.1 Å². The normalized spacial score (nSPS) is 17.0. The van der Waals surface area contributed by atoms with E-state index in [4.69, 9.17) is 5.11 Å². The molecule has 1 unspecified atom stereocenters. The average molecular weight is 292 g/mol. The predicted molar refractivity (Wildman–Crippen MR) is 75.2 cm³/mol. The number of aromatic nitrogens is 1. The molecule has 1 aliphatic carbocycles. The first-order chi connectivity index (χ1) is 9.54. The number of hydrogen-bond donors (Lipinski definition) is 2. The topological polar surface area (TPSA) is 62.2 Å². The van der Waals surface area contributed by atoms with Gasteiger partial charge in [0.2, 0.25) is 0 Å². The van der Waals surface area contributed by atoms with Crippen LogP contribution < -0.4 is 5.32 Å². The second-order valence-electron chi connectivity index (χ2n) is 4.87. The molecular formula is C14H13FN2O2S. The van der Waals surface area contributed by atoms with E-state index in [1.165, 1.54) is 17.4 Å². The van der Waals surface area contributed by atoms with Gasteiger partial charge in [0.05, 0.1) is 11.4 Å².